The number of pyridine rings is 1. The van der Waals surface area contributed by atoms with Gasteiger partial charge in [0, 0.05) is 12.4 Å². The number of rotatable bonds is 7. The lowest BCUT2D eigenvalue weighted by molar-refractivity contribution is -0.122. The highest BCUT2D eigenvalue weighted by molar-refractivity contribution is 7.17. The van der Waals surface area contributed by atoms with Gasteiger partial charge in [-0.15, -0.1) is 11.3 Å². The Morgan fingerprint density at radius 2 is 2.28 bits per heavy atom. The Balaban J connectivity index is 1.74. The third-order valence-electron chi connectivity index (χ3n) is 4.02. The second-order valence-corrected chi connectivity index (χ2v) is 6.78. The van der Waals surface area contributed by atoms with Crippen LogP contribution < -0.4 is 10.9 Å². The highest BCUT2D eigenvalue weighted by Gasteiger charge is 2.16. The number of nitrogens with one attached hydrogen (secondary N) is 1. The molecule has 0 aromatic carbocycles. The van der Waals surface area contributed by atoms with Gasteiger partial charge in [-0.2, -0.15) is 0 Å². The van der Waals surface area contributed by atoms with Gasteiger partial charge in [-0.1, -0.05) is 25.8 Å². The number of thiophene rings is 1. The van der Waals surface area contributed by atoms with Gasteiger partial charge in [0.05, 0.1) is 17.9 Å². The van der Waals surface area contributed by atoms with Gasteiger partial charge in [0.15, 0.2) is 0 Å². The van der Waals surface area contributed by atoms with Crippen LogP contribution in [0.3, 0.4) is 0 Å². The van der Waals surface area contributed by atoms with Crippen LogP contribution in [0.4, 0.5) is 0 Å². The molecule has 25 heavy (non-hydrogen) atoms. The minimum absolute atomic E-state index is 0.0391. The number of fused-ring (bicyclic) bond motifs is 1. The molecule has 0 fully saturated rings. The smallest absolute Gasteiger partial charge is 0.271 e. The fourth-order valence-electron chi connectivity index (χ4n) is 2.70. The molecule has 1 N–H and O–H groups in total. The maximum absolute atomic E-state index is 12.5. The summed E-state index contributed by atoms with van der Waals surface area (Å²) in [5.41, 5.74) is 1.47. The SMILES string of the molecule is CCCC[C@H](NC(=O)Cn1cnc2ccsc2c1=O)c1cccnc1. The monoisotopic (exact) mass is 356 g/mol. The second kappa shape index (κ2) is 8.02. The molecule has 0 aliphatic rings. The van der Waals surface area contributed by atoms with Crippen molar-refractivity contribution in [2.75, 3.05) is 0 Å². The minimum atomic E-state index is -0.204. The molecule has 0 saturated carbocycles. The summed E-state index contributed by atoms with van der Waals surface area (Å²) in [5.74, 6) is -0.204. The van der Waals surface area contributed by atoms with Crippen LogP contribution in [0.25, 0.3) is 10.2 Å². The standard InChI is InChI=1S/C18H20N4O2S/c1-2-3-6-14(13-5-4-8-19-10-13)21-16(23)11-22-12-20-15-7-9-25-17(15)18(22)24/h4-5,7-10,12,14H,2-3,6,11H2,1H3,(H,21,23)/t14-/m0/s1. The van der Waals surface area contributed by atoms with Crippen molar-refractivity contribution in [3.05, 3.63) is 58.2 Å². The molecular formula is C18H20N4O2S. The lowest BCUT2D eigenvalue weighted by Crippen LogP contribution is -2.34. The lowest BCUT2D eigenvalue weighted by Gasteiger charge is -2.19. The summed E-state index contributed by atoms with van der Waals surface area (Å²) in [6, 6.07) is 5.52. The molecule has 3 aromatic heterocycles. The topological polar surface area (TPSA) is 76.9 Å². The van der Waals surface area contributed by atoms with Crippen molar-refractivity contribution >= 4 is 27.5 Å². The largest absolute Gasteiger partial charge is 0.348 e. The molecule has 3 rings (SSSR count). The molecule has 7 heteroatoms. The maximum atomic E-state index is 12.5. The number of carbonyl (C=O) groups excluding carboxylic acids is 1. The number of hydrogen-bond acceptors (Lipinski definition) is 5. The average molecular weight is 356 g/mol. The molecule has 1 amide bonds. The van der Waals surface area contributed by atoms with Crippen molar-refractivity contribution in [1.82, 2.24) is 19.9 Å². The summed E-state index contributed by atoms with van der Waals surface area (Å²) in [7, 11) is 0. The first-order chi connectivity index (χ1) is 12.2. The maximum Gasteiger partial charge on any atom is 0.271 e. The molecule has 130 valence electrons. The van der Waals surface area contributed by atoms with E-state index in [2.05, 4.69) is 22.2 Å². The Morgan fingerprint density at radius 3 is 3.04 bits per heavy atom. The Bertz CT molecular complexity index is 904. The number of aromatic nitrogens is 3. The van der Waals surface area contributed by atoms with E-state index in [1.54, 1.807) is 18.5 Å². The van der Waals surface area contributed by atoms with Crippen LogP contribution in [-0.4, -0.2) is 20.4 Å². The van der Waals surface area contributed by atoms with Gasteiger partial charge in [0.2, 0.25) is 5.91 Å². The van der Waals surface area contributed by atoms with Crippen molar-refractivity contribution in [2.24, 2.45) is 0 Å². The lowest BCUT2D eigenvalue weighted by atomic mass is 10.0. The number of nitrogens with zero attached hydrogens (tertiary/aromatic N) is 3. The van der Waals surface area contributed by atoms with E-state index in [0.29, 0.717) is 10.2 Å². The van der Waals surface area contributed by atoms with Crippen molar-refractivity contribution in [3.63, 3.8) is 0 Å². The molecule has 0 aliphatic heterocycles. The number of unbranched alkanes of at least 4 members (excludes halogenated alkanes) is 1. The van der Waals surface area contributed by atoms with E-state index in [0.717, 1.165) is 24.8 Å². The van der Waals surface area contributed by atoms with Crippen LogP contribution >= 0.6 is 11.3 Å². The zero-order chi connectivity index (χ0) is 17.6. The number of amides is 1. The quantitative estimate of drug-likeness (QED) is 0.706. The van der Waals surface area contributed by atoms with Crippen molar-refractivity contribution in [1.29, 1.82) is 0 Å². The van der Waals surface area contributed by atoms with E-state index in [-0.39, 0.29) is 24.1 Å². The van der Waals surface area contributed by atoms with E-state index in [4.69, 9.17) is 0 Å². The summed E-state index contributed by atoms with van der Waals surface area (Å²) in [6.45, 7) is 2.08. The fourth-order valence-corrected chi connectivity index (χ4v) is 3.49. The molecule has 0 radical (unpaired) electrons. The Kier molecular flexibility index (Phi) is 5.55. The molecule has 0 spiro atoms. The fraction of sp³-hybridized carbons (Fsp3) is 0.333. The van der Waals surface area contributed by atoms with Crippen LogP contribution in [0.5, 0.6) is 0 Å². The number of hydrogen-bond donors (Lipinski definition) is 1. The normalized spacial score (nSPS) is 12.2. The number of carbonyl (C=O) groups is 1. The summed E-state index contributed by atoms with van der Waals surface area (Å²) < 4.78 is 1.93. The summed E-state index contributed by atoms with van der Waals surface area (Å²) >= 11 is 1.34. The van der Waals surface area contributed by atoms with E-state index >= 15 is 0 Å². The average Bonchev–Trinajstić information content (AvgIpc) is 3.11. The third-order valence-corrected chi connectivity index (χ3v) is 4.91. The first-order valence-corrected chi connectivity index (χ1v) is 9.19. The van der Waals surface area contributed by atoms with Crippen molar-refractivity contribution in [2.45, 2.75) is 38.8 Å². The first kappa shape index (κ1) is 17.3. The molecular weight excluding hydrogens is 336 g/mol. The van der Waals surface area contributed by atoms with E-state index < -0.39 is 0 Å². The first-order valence-electron chi connectivity index (χ1n) is 8.31. The zero-order valence-electron chi connectivity index (χ0n) is 14.0. The van der Waals surface area contributed by atoms with Gasteiger partial charge in [-0.05, 0) is 29.5 Å². The predicted octanol–water partition coefficient (Wildman–Crippen LogP) is 2.90. The highest BCUT2D eigenvalue weighted by atomic mass is 32.1. The second-order valence-electron chi connectivity index (χ2n) is 5.86. The zero-order valence-corrected chi connectivity index (χ0v) is 14.8. The molecule has 0 unspecified atom stereocenters. The van der Waals surface area contributed by atoms with Crippen LogP contribution in [0.1, 0.15) is 37.8 Å². The molecule has 6 nitrogen and oxygen atoms in total. The van der Waals surface area contributed by atoms with Crippen LogP contribution in [0.15, 0.2) is 47.1 Å². The van der Waals surface area contributed by atoms with E-state index in [1.165, 1.54) is 22.2 Å². The molecule has 1 atom stereocenters. The van der Waals surface area contributed by atoms with Gasteiger partial charge < -0.3 is 5.32 Å². The molecule has 0 bridgehead atoms. The van der Waals surface area contributed by atoms with Crippen LogP contribution in [-0.2, 0) is 11.3 Å². The molecule has 0 aliphatic carbocycles. The molecule has 3 heterocycles. The van der Waals surface area contributed by atoms with Gasteiger partial charge in [0.1, 0.15) is 11.2 Å². The Hall–Kier alpha value is -2.54. The predicted molar refractivity (Wildman–Crippen MR) is 98.5 cm³/mol. The highest BCUT2D eigenvalue weighted by Crippen LogP contribution is 2.18. The summed E-state index contributed by atoms with van der Waals surface area (Å²) in [6.07, 6.45) is 7.80. The van der Waals surface area contributed by atoms with Crippen LogP contribution in [0.2, 0.25) is 0 Å². The van der Waals surface area contributed by atoms with E-state index in [9.17, 15) is 9.59 Å². The van der Waals surface area contributed by atoms with Gasteiger partial charge >= 0.3 is 0 Å². The van der Waals surface area contributed by atoms with Crippen molar-refractivity contribution in [3.8, 4) is 0 Å². The third kappa shape index (κ3) is 4.11. The van der Waals surface area contributed by atoms with Gasteiger partial charge in [0.25, 0.3) is 5.56 Å². The molecule has 0 saturated heterocycles. The summed E-state index contributed by atoms with van der Waals surface area (Å²) in [5, 5.41) is 4.85. The van der Waals surface area contributed by atoms with E-state index in [1.807, 2.05) is 17.5 Å². The molecule has 3 aromatic rings. The van der Waals surface area contributed by atoms with Crippen LogP contribution in [0, 0.1) is 0 Å². The van der Waals surface area contributed by atoms with Gasteiger partial charge in [-0.25, -0.2) is 4.98 Å². The minimum Gasteiger partial charge on any atom is -0.348 e. The Labute approximate surface area is 149 Å². The van der Waals surface area contributed by atoms with Gasteiger partial charge in [-0.3, -0.25) is 19.1 Å². The Morgan fingerprint density at radius 1 is 1.40 bits per heavy atom. The summed E-state index contributed by atoms with van der Waals surface area (Å²) in [4.78, 5) is 33.2. The van der Waals surface area contributed by atoms with Crippen molar-refractivity contribution < 1.29 is 4.79 Å².